The number of benzene rings is 2. The molecule has 252 valence electrons. The number of nitrogens with zero attached hydrogens (tertiary/aromatic N) is 5. The number of nitrogens with one attached hydrogen (secondary N) is 1. The zero-order valence-corrected chi connectivity index (χ0v) is 27.6. The average Bonchev–Trinajstić information content (AvgIpc) is 3.40. The molecular weight excluding hydrogens is 637 g/mol. The van der Waals surface area contributed by atoms with Crippen LogP contribution in [0.15, 0.2) is 65.5 Å². The van der Waals surface area contributed by atoms with Gasteiger partial charge in [0.2, 0.25) is 0 Å². The quantitative estimate of drug-likeness (QED) is 0.145. The summed E-state index contributed by atoms with van der Waals surface area (Å²) in [6.45, 7) is 9.06. The maximum absolute atomic E-state index is 14.1. The van der Waals surface area contributed by atoms with Crippen LogP contribution < -0.4 is 11.0 Å². The van der Waals surface area contributed by atoms with Gasteiger partial charge >= 0.3 is 18.0 Å². The maximum Gasteiger partial charge on any atom is 0.416 e. The zero-order valence-electron chi connectivity index (χ0n) is 26.8. The second-order valence-electron chi connectivity index (χ2n) is 12.4. The van der Waals surface area contributed by atoms with E-state index in [0.29, 0.717) is 12.1 Å². The molecule has 0 aliphatic heterocycles. The predicted octanol–water partition coefficient (Wildman–Crippen LogP) is 6.45. The first-order valence-corrected chi connectivity index (χ1v) is 15.7. The molecule has 0 bridgehead atoms. The molecule has 0 saturated heterocycles. The molecule has 1 unspecified atom stereocenters. The van der Waals surface area contributed by atoms with Crippen molar-refractivity contribution in [2.45, 2.75) is 71.3 Å². The number of amides is 2. The van der Waals surface area contributed by atoms with Crippen LogP contribution >= 0.6 is 11.6 Å². The molecule has 2 aromatic carbocycles. The van der Waals surface area contributed by atoms with Crippen molar-refractivity contribution >= 4 is 29.2 Å². The minimum absolute atomic E-state index is 0.0131. The molecule has 4 aromatic rings. The largest absolute Gasteiger partial charge is 0.444 e. The fourth-order valence-corrected chi connectivity index (χ4v) is 5.37. The number of fused-ring (bicyclic) bond motifs is 1. The van der Waals surface area contributed by atoms with Crippen molar-refractivity contribution in [3.8, 4) is 0 Å². The summed E-state index contributed by atoms with van der Waals surface area (Å²) in [7, 11) is 0. The Balaban J connectivity index is 1.73. The Labute approximate surface area is 275 Å². The number of ether oxygens (including phenoxy) is 1. The third-order valence-electron chi connectivity index (χ3n) is 7.20. The van der Waals surface area contributed by atoms with Crippen LogP contribution in [-0.4, -0.2) is 54.8 Å². The molecule has 1 atom stereocenters. The maximum atomic E-state index is 14.1. The highest BCUT2D eigenvalue weighted by atomic mass is 35.5. The summed E-state index contributed by atoms with van der Waals surface area (Å²) in [5.41, 5.74) is -0.290. The van der Waals surface area contributed by atoms with Crippen molar-refractivity contribution < 1.29 is 27.5 Å². The highest BCUT2D eigenvalue weighted by Gasteiger charge is 2.34. The highest BCUT2D eigenvalue weighted by molar-refractivity contribution is 6.15. The van der Waals surface area contributed by atoms with Crippen LogP contribution in [0.3, 0.4) is 0 Å². The number of aromatic nitrogens is 4. The van der Waals surface area contributed by atoms with Crippen LogP contribution in [0.2, 0.25) is 0 Å². The van der Waals surface area contributed by atoms with Crippen LogP contribution in [0.5, 0.6) is 0 Å². The van der Waals surface area contributed by atoms with Gasteiger partial charge < -0.3 is 15.0 Å². The second-order valence-corrected chi connectivity index (χ2v) is 12.7. The van der Waals surface area contributed by atoms with Crippen molar-refractivity contribution in [2.24, 2.45) is 5.92 Å². The normalized spacial score (nSPS) is 12.7. The lowest BCUT2D eigenvalue weighted by atomic mass is 9.99. The Morgan fingerprint density at radius 3 is 2.28 bits per heavy atom. The van der Waals surface area contributed by atoms with Crippen molar-refractivity contribution in [3.05, 3.63) is 99.4 Å². The molecular formula is C33H38ClF3N6O4. The molecule has 0 aliphatic carbocycles. The molecule has 2 heterocycles. The summed E-state index contributed by atoms with van der Waals surface area (Å²) in [5, 5.41) is 7.11. The Bertz CT molecular complexity index is 1750. The molecule has 47 heavy (non-hydrogen) atoms. The average molecular weight is 675 g/mol. The SMILES string of the molecule is CC(C)C(c1nc2cc(Cc3ccccc3)nn2c(=O)n1CCl)N(CCCNC(=O)OC(C)(C)C)C(=O)c1ccc(C(F)(F)F)cc1. The Kier molecular flexibility index (Phi) is 11.0. The highest BCUT2D eigenvalue weighted by Crippen LogP contribution is 2.32. The third-order valence-corrected chi connectivity index (χ3v) is 7.44. The Morgan fingerprint density at radius 1 is 1.04 bits per heavy atom. The van der Waals surface area contributed by atoms with Gasteiger partial charge in [0.25, 0.3) is 5.91 Å². The molecule has 0 radical (unpaired) electrons. The number of alkyl carbamates (subject to hydrolysis) is 1. The van der Waals surface area contributed by atoms with E-state index >= 15 is 0 Å². The van der Waals surface area contributed by atoms with Crippen LogP contribution in [0.4, 0.5) is 18.0 Å². The molecule has 10 nitrogen and oxygen atoms in total. The van der Waals surface area contributed by atoms with Crippen LogP contribution in [0, 0.1) is 5.92 Å². The number of hydrogen-bond donors (Lipinski definition) is 1. The van der Waals surface area contributed by atoms with E-state index in [0.717, 1.165) is 34.3 Å². The zero-order chi connectivity index (χ0) is 34.5. The molecule has 14 heteroatoms. The van der Waals surface area contributed by atoms with Gasteiger partial charge in [-0.2, -0.15) is 22.8 Å². The first-order valence-electron chi connectivity index (χ1n) is 15.1. The molecule has 0 spiro atoms. The number of halogens is 4. The van der Waals surface area contributed by atoms with E-state index in [-0.39, 0.29) is 48.5 Å². The lowest BCUT2D eigenvalue weighted by Gasteiger charge is -2.35. The van der Waals surface area contributed by atoms with E-state index in [2.05, 4.69) is 10.4 Å². The van der Waals surface area contributed by atoms with Gasteiger partial charge in [0.15, 0.2) is 5.65 Å². The van der Waals surface area contributed by atoms with Gasteiger partial charge in [-0.3, -0.25) is 9.36 Å². The van der Waals surface area contributed by atoms with Gasteiger partial charge in [0.05, 0.1) is 17.3 Å². The van der Waals surface area contributed by atoms with Crippen LogP contribution in [-0.2, 0) is 23.3 Å². The molecule has 0 saturated carbocycles. The van der Waals surface area contributed by atoms with E-state index in [1.807, 2.05) is 44.2 Å². The first kappa shape index (κ1) is 35.5. The Hall–Kier alpha value is -4.39. The summed E-state index contributed by atoms with van der Waals surface area (Å²) in [6, 6.07) is 14.1. The van der Waals surface area contributed by atoms with Gasteiger partial charge in [0, 0.05) is 31.1 Å². The molecule has 1 N–H and O–H groups in total. The number of alkyl halides is 4. The van der Waals surface area contributed by atoms with E-state index in [4.69, 9.17) is 21.3 Å². The van der Waals surface area contributed by atoms with Gasteiger partial charge in [-0.05, 0) is 62.9 Å². The Morgan fingerprint density at radius 2 is 1.70 bits per heavy atom. The smallest absolute Gasteiger partial charge is 0.416 e. The summed E-state index contributed by atoms with van der Waals surface area (Å²) in [4.78, 5) is 46.2. The minimum atomic E-state index is -4.57. The monoisotopic (exact) mass is 674 g/mol. The van der Waals surface area contributed by atoms with E-state index in [9.17, 15) is 27.6 Å². The van der Waals surface area contributed by atoms with Gasteiger partial charge in [-0.1, -0.05) is 44.2 Å². The fraction of sp³-hybridized carbons (Fsp3) is 0.424. The lowest BCUT2D eigenvalue weighted by molar-refractivity contribution is -0.137. The number of rotatable bonds is 11. The van der Waals surface area contributed by atoms with Crippen molar-refractivity contribution in [2.75, 3.05) is 13.1 Å². The predicted molar refractivity (Wildman–Crippen MR) is 171 cm³/mol. The number of hydrogen-bond acceptors (Lipinski definition) is 6. The molecule has 0 aliphatic rings. The van der Waals surface area contributed by atoms with Gasteiger partial charge in [-0.25, -0.2) is 14.6 Å². The molecule has 4 rings (SSSR count). The fourth-order valence-electron chi connectivity index (χ4n) is 5.14. The van der Waals surface area contributed by atoms with E-state index < -0.39 is 41.1 Å². The van der Waals surface area contributed by atoms with Crippen molar-refractivity contribution in [3.63, 3.8) is 0 Å². The van der Waals surface area contributed by atoms with E-state index in [1.54, 1.807) is 26.8 Å². The van der Waals surface area contributed by atoms with Crippen molar-refractivity contribution in [1.82, 2.24) is 29.4 Å². The topological polar surface area (TPSA) is 111 Å². The van der Waals surface area contributed by atoms with Crippen LogP contribution in [0.1, 0.15) is 80.1 Å². The molecule has 2 aromatic heterocycles. The molecule has 2 amide bonds. The molecule has 0 fully saturated rings. The summed E-state index contributed by atoms with van der Waals surface area (Å²) in [5.74, 6) is -0.718. The summed E-state index contributed by atoms with van der Waals surface area (Å²) < 4.78 is 47.5. The minimum Gasteiger partial charge on any atom is -0.444 e. The van der Waals surface area contributed by atoms with Crippen molar-refractivity contribution in [1.29, 1.82) is 0 Å². The van der Waals surface area contributed by atoms with Gasteiger partial charge in [0.1, 0.15) is 17.4 Å². The lowest BCUT2D eigenvalue weighted by Crippen LogP contribution is -2.43. The van der Waals surface area contributed by atoms with Crippen LogP contribution in [0.25, 0.3) is 5.65 Å². The van der Waals surface area contributed by atoms with E-state index in [1.165, 1.54) is 9.47 Å². The third kappa shape index (κ3) is 8.91. The first-order chi connectivity index (χ1) is 22.1. The number of carbonyl (C=O) groups excluding carboxylic acids is 2. The van der Waals surface area contributed by atoms with Gasteiger partial charge in [-0.15, -0.1) is 11.6 Å². The number of carbonyl (C=O) groups is 2. The summed E-state index contributed by atoms with van der Waals surface area (Å²) in [6.07, 6.45) is -4.49. The summed E-state index contributed by atoms with van der Waals surface area (Å²) >= 11 is 6.31. The standard InChI is InChI=1S/C33H38ClF3N6O4/c1-21(2)27(28-39-26-19-25(18-22-10-7-6-8-11-22)40-43(26)31(46)42(28)20-34)41(17-9-16-38-30(45)47-32(3,4)5)29(44)23-12-14-24(15-13-23)33(35,36)37/h6-8,10-15,19,21,27H,9,16-18,20H2,1-5H3,(H,38,45). The second kappa shape index (κ2) is 14.6.